The lowest BCUT2D eigenvalue weighted by molar-refractivity contribution is -0.870. The lowest BCUT2D eigenvalue weighted by Gasteiger charge is -2.24. The third kappa shape index (κ3) is 30.5. The van der Waals surface area contributed by atoms with Crippen LogP contribution in [-0.4, -0.2) is 86.1 Å². The van der Waals surface area contributed by atoms with E-state index in [1.165, 1.54) is 62.5 Å². The minimum Gasteiger partial charge on any atom is -0.466 e. The van der Waals surface area contributed by atoms with Crippen LogP contribution in [0.4, 0.5) is 0 Å². The number of rotatable bonds is 38. The number of nitrogens with zero attached hydrogens (tertiary/aromatic N) is 1. The Labute approximate surface area is 364 Å². The van der Waals surface area contributed by atoms with Gasteiger partial charge in [-0.3, -0.25) is 18.6 Å². The van der Waals surface area contributed by atoms with Crippen molar-refractivity contribution in [2.75, 3.05) is 47.5 Å². The van der Waals surface area contributed by atoms with E-state index in [1.807, 2.05) is 39.4 Å². The summed E-state index contributed by atoms with van der Waals surface area (Å²) in [6.45, 7) is 8.43. The van der Waals surface area contributed by atoms with E-state index in [2.05, 4.69) is 39.8 Å². The average molecular weight is 867 g/mol. The molecule has 2 N–H and O–H groups in total. The van der Waals surface area contributed by atoms with Crippen LogP contribution in [0.1, 0.15) is 171 Å². The molecule has 3 atom stereocenters. The number of carbonyl (C=O) groups is 2. The fourth-order valence-corrected chi connectivity index (χ4v) is 7.24. The summed E-state index contributed by atoms with van der Waals surface area (Å²) in [6.07, 6.45) is 32.0. The van der Waals surface area contributed by atoms with E-state index in [-0.39, 0.29) is 26.1 Å². The van der Waals surface area contributed by atoms with Gasteiger partial charge >= 0.3 is 19.8 Å². The Bertz CT molecular complexity index is 1410. The van der Waals surface area contributed by atoms with Gasteiger partial charge in [0.15, 0.2) is 6.10 Å². The number of quaternary nitrogens is 1. The first-order valence-corrected chi connectivity index (χ1v) is 24.7. The zero-order valence-corrected chi connectivity index (χ0v) is 39.7. The Hall–Kier alpha value is -2.53. The third-order valence-corrected chi connectivity index (χ3v) is 11.5. The van der Waals surface area contributed by atoms with Crippen LogP contribution < -0.4 is 0 Å². The summed E-state index contributed by atoms with van der Waals surface area (Å²) in [7, 11) is 1.35. The largest absolute Gasteiger partial charge is 0.472 e. The van der Waals surface area contributed by atoms with Crippen LogP contribution in [0.2, 0.25) is 0 Å². The number of esters is 2. The van der Waals surface area contributed by atoms with Crippen molar-refractivity contribution in [3.63, 3.8) is 0 Å². The predicted molar refractivity (Wildman–Crippen MR) is 243 cm³/mol. The lowest BCUT2D eigenvalue weighted by Crippen LogP contribution is -2.37. The first kappa shape index (κ1) is 55.5. The van der Waals surface area contributed by atoms with Crippen LogP contribution in [0.25, 0.3) is 0 Å². The van der Waals surface area contributed by atoms with Crippen LogP contribution in [-0.2, 0) is 45.5 Å². The first-order valence-electron chi connectivity index (χ1n) is 23.2. The Kier molecular flexibility index (Phi) is 31.5. The summed E-state index contributed by atoms with van der Waals surface area (Å²) in [5.74, 6) is 1.23. The molecule has 1 aromatic heterocycles. The number of allylic oxidation sites excluding steroid dienone is 5. The van der Waals surface area contributed by atoms with E-state index in [0.29, 0.717) is 30.3 Å². The predicted octanol–water partition coefficient (Wildman–Crippen LogP) is 11.5. The van der Waals surface area contributed by atoms with E-state index >= 15 is 0 Å². The molecule has 1 aromatic rings. The monoisotopic (exact) mass is 867 g/mol. The van der Waals surface area contributed by atoms with Gasteiger partial charge in [0.05, 0.1) is 33.9 Å². The van der Waals surface area contributed by atoms with Crippen LogP contribution in [0, 0.1) is 13.8 Å². The van der Waals surface area contributed by atoms with E-state index in [4.69, 9.17) is 22.9 Å². The molecular weight excluding hydrogens is 781 g/mol. The number of unbranched alkanes of at least 4 members (excludes halogenated alkanes) is 13. The molecule has 0 bridgehead atoms. The molecule has 1 heterocycles. The molecule has 12 heteroatoms. The summed E-state index contributed by atoms with van der Waals surface area (Å²) < 4.78 is 40.5. The normalized spacial score (nSPS) is 14.3. The van der Waals surface area contributed by atoms with Crippen molar-refractivity contribution < 1.29 is 51.6 Å². The third-order valence-electron chi connectivity index (χ3n) is 10.5. The fraction of sp³-hybridized carbons (Fsp3) is 0.750. The number of furan rings is 1. The molecule has 0 saturated carbocycles. The number of hydrogen-bond acceptors (Lipinski definition) is 9. The van der Waals surface area contributed by atoms with Gasteiger partial charge < -0.3 is 28.4 Å². The van der Waals surface area contributed by atoms with E-state index in [0.717, 1.165) is 75.7 Å². The standard InChI is InChI=1S/C48H84NO10P/c1-8-10-12-13-14-15-16-17-18-19-20-23-27-31-43(50)32-30-36-47(51)55-39-44(40-57-60(53,54)56-38-37-49(5,6)7)58-48(52)35-29-25-22-21-24-28-34-46-42(4)41(3)45(59-46)33-26-11-9-2/h17-18,20,23,27,31,43-44,50H,8-16,19,21-22,24-26,28-30,32-40H2,1-7H3/p+1/b18-17+,23-20+,31-27+/t43?,44-/m1/s1. The zero-order valence-electron chi connectivity index (χ0n) is 38.8. The van der Waals surface area contributed by atoms with Crippen LogP contribution in [0.5, 0.6) is 0 Å². The van der Waals surface area contributed by atoms with Gasteiger partial charge in [0, 0.05) is 25.7 Å². The van der Waals surface area contributed by atoms with E-state index < -0.39 is 38.6 Å². The second-order valence-electron chi connectivity index (χ2n) is 17.2. The molecule has 0 aliphatic heterocycles. The molecule has 0 spiro atoms. The van der Waals surface area contributed by atoms with Crippen molar-refractivity contribution in [1.82, 2.24) is 0 Å². The second kappa shape index (κ2) is 34.0. The molecule has 11 nitrogen and oxygen atoms in total. The molecule has 2 unspecified atom stereocenters. The molecule has 0 fully saturated rings. The topological polar surface area (TPSA) is 142 Å². The van der Waals surface area contributed by atoms with Crippen molar-refractivity contribution in [2.24, 2.45) is 0 Å². The molecule has 0 radical (unpaired) electrons. The fourth-order valence-electron chi connectivity index (χ4n) is 6.49. The summed E-state index contributed by atoms with van der Waals surface area (Å²) in [5, 5.41) is 10.3. The van der Waals surface area contributed by atoms with Gasteiger partial charge in [-0.15, -0.1) is 0 Å². The van der Waals surface area contributed by atoms with Gasteiger partial charge in [-0.2, -0.15) is 0 Å². The maximum atomic E-state index is 12.8. The number of carbonyl (C=O) groups excluding carboxylic acids is 2. The molecule has 60 heavy (non-hydrogen) atoms. The Balaban J connectivity index is 2.45. The highest BCUT2D eigenvalue weighted by atomic mass is 31.2. The Morgan fingerprint density at radius 2 is 1.30 bits per heavy atom. The lowest BCUT2D eigenvalue weighted by atomic mass is 10.0. The molecule has 0 aliphatic carbocycles. The maximum absolute atomic E-state index is 12.8. The number of ether oxygens (including phenoxy) is 2. The molecule has 0 aliphatic rings. The molecule has 346 valence electrons. The van der Waals surface area contributed by atoms with Crippen molar-refractivity contribution in [3.05, 3.63) is 59.1 Å². The highest BCUT2D eigenvalue weighted by molar-refractivity contribution is 7.47. The highest BCUT2D eigenvalue weighted by Crippen LogP contribution is 2.43. The highest BCUT2D eigenvalue weighted by Gasteiger charge is 2.27. The number of phosphoric acid groups is 1. The average Bonchev–Trinajstić information content (AvgIpc) is 3.46. The second-order valence-corrected chi connectivity index (χ2v) is 18.7. The molecule has 0 amide bonds. The first-order chi connectivity index (χ1) is 28.7. The SMILES string of the molecule is CCCCCCCC/C=C/C/C=C/C=C/C(O)CCCC(=O)OC[C@H](COP(=O)(O)OCC[N+](C)(C)C)OC(=O)CCCCCCCCc1oc(CCCCC)c(C)c1C. The van der Waals surface area contributed by atoms with Gasteiger partial charge in [0.25, 0.3) is 0 Å². The Morgan fingerprint density at radius 1 is 0.717 bits per heavy atom. The van der Waals surface area contributed by atoms with Gasteiger partial charge in [0.2, 0.25) is 0 Å². The number of likely N-dealkylation sites (N-methyl/N-ethyl adjacent to an activating group) is 1. The summed E-state index contributed by atoms with van der Waals surface area (Å²) in [5.41, 5.74) is 2.58. The van der Waals surface area contributed by atoms with Crippen molar-refractivity contribution in [1.29, 1.82) is 0 Å². The van der Waals surface area contributed by atoms with Crippen LogP contribution in [0.3, 0.4) is 0 Å². The maximum Gasteiger partial charge on any atom is 0.472 e. The van der Waals surface area contributed by atoms with E-state index in [9.17, 15) is 24.2 Å². The van der Waals surface area contributed by atoms with Crippen LogP contribution in [0.15, 0.2) is 40.9 Å². The van der Waals surface area contributed by atoms with Crippen molar-refractivity contribution in [2.45, 2.75) is 188 Å². The zero-order chi connectivity index (χ0) is 44.5. The number of aliphatic hydroxyl groups excluding tert-OH is 1. The Morgan fingerprint density at radius 3 is 1.97 bits per heavy atom. The number of aryl methyl sites for hydroxylation is 2. The number of hydrogen-bond donors (Lipinski definition) is 2. The summed E-state index contributed by atoms with van der Waals surface area (Å²) in [4.78, 5) is 35.6. The minimum absolute atomic E-state index is 0.00698. The molecule has 1 rings (SSSR count). The van der Waals surface area contributed by atoms with Crippen LogP contribution >= 0.6 is 7.82 Å². The van der Waals surface area contributed by atoms with Gasteiger partial charge in [0.1, 0.15) is 31.3 Å². The molecule has 0 saturated heterocycles. The molecule has 0 aromatic carbocycles. The van der Waals surface area contributed by atoms with Gasteiger partial charge in [-0.1, -0.05) is 121 Å². The van der Waals surface area contributed by atoms with Gasteiger partial charge in [-0.25, -0.2) is 4.57 Å². The summed E-state index contributed by atoms with van der Waals surface area (Å²) in [6, 6.07) is 0. The quantitative estimate of drug-likeness (QED) is 0.0165. The number of aliphatic hydroxyl groups is 1. The van der Waals surface area contributed by atoms with E-state index in [1.54, 1.807) is 6.08 Å². The number of phosphoric ester groups is 1. The molecular formula is C48H85NO10P+. The minimum atomic E-state index is -4.44. The van der Waals surface area contributed by atoms with Gasteiger partial charge in [-0.05, 0) is 76.3 Å². The van der Waals surface area contributed by atoms with Crippen molar-refractivity contribution >= 4 is 19.8 Å². The summed E-state index contributed by atoms with van der Waals surface area (Å²) >= 11 is 0. The smallest absolute Gasteiger partial charge is 0.466 e. The van der Waals surface area contributed by atoms with Crippen molar-refractivity contribution in [3.8, 4) is 0 Å².